The van der Waals surface area contributed by atoms with Crippen molar-refractivity contribution in [2.45, 2.75) is 13.0 Å². The molecule has 30 heavy (non-hydrogen) atoms. The number of halogens is 1. The Morgan fingerprint density at radius 1 is 1.23 bits per heavy atom. The van der Waals surface area contributed by atoms with Crippen LogP contribution in [0.5, 0.6) is 0 Å². The molecule has 1 saturated heterocycles. The molecule has 0 radical (unpaired) electrons. The molecule has 3 aromatic heterocycles. The Balaban J connectivity index is 1.83. The summed E-state index contributed by atoms with van der Waals surface area (Å²) in [6.07, 6.45) is 4.32. The van der Waals surface area contributed by atoms with Crippen LogP contribution in [0.2, 0.25) is 0 Å². The number of morpholine rings is 1. The highest BCUT2D eigenvalue weighted by Gasteiger charge is 2.26. The van der Waals surface area contributed by atoms with Gasteiger partial charge in [0.25, 0.3) is 0 Å². The zero-order valence-corrected chi connectivity index (χ0v) is 17.3. The molecule has 1 N–H and O–H groups in total. The van der Waals surface area contributed by atoms with Gasteiger partial charge in [0.05, 0.1) is 30.9 Å². The number of benzene rings is 1. The number of aromatic amines is 1. The van der Waals surface area contributed by atoms with Crippen molar-refractivity contribution in [2.75, 3.05) is 30.9 Å². The Labute approximate surface area is 172 Å². The van der Waals surface area contributed by atoms with Gasteiger partial charge in [-0.1, -0.05) is 0 Å². The van der Waals surface area contributed by atoms with Crippen LogP contribution in [0.15, 0.2) is 36.7 Å². The number of nitrogens with zero attached hydrogens (tertiary/aromatic N) is 4. The molecule has 1 aliphatic rings. The lowest BCUT2D eigenvalue weighted by Gasteiger charge is -2.34. The van der Waals surface area contributed by atoms with Crippen molar-refractivity contribution in [3.8, 4) is 11.4 Å². The minimum absolute atomic E-state index is 0.0473. The number of rotatable bonds is 3. The van der Waals surface area contributed by atoms with Gasteiger partial charge < -0.3 is 14.6 Å². The van der Waals surface area contributed by atoms with Crippen LogP contribution in [0.3, 0.4) is 0 Å². The van der Waals surface area contributed by atoms with Crippen LogP contribution in [0.4, 0.5) is 10.2 Å². The smallest absolute Gasteiger partial charge is 0.237 e. The van der Waals surface area contributed by atoms with E-state index < -0.39 is 15.8 Å². The summed E-state index contributed by atoms with van der Waals surface area (Å²) in [5.41, 5.74) is 1.38. The SMILES string of the molecule is CC1COCCN1c1nc(-c2cc(F)cc3[nH]ccc23)nc2c1ccn2S(C)(=O)=O. The molecule has 0 spiro atoms. The van der Waals surface area contributed by atoms with E-state index in [9.17, 15) is 12.8 Å². The van der Waals surface area contributed by atoms with Gasteiger partial charge in [-0.05, 0) is 31.2 Å². The summed E-state index contributed by atoms with van der Waals surface area (Å²) in [6.45, 7) is 3.71. The molecular weight excluding hydrogens is 409 g/mol. The van der Waals surface area contributed by atoms with E-state index in [0.29, 0.717) is 42.0 Å². The molecule has 156 valence electrons. The van der Waals surface area contributed by atoms with Crippen molar-refractivity contribution in [3.63, 3.8) is 0 Å². The number of aromatic nitrogens is 4. The van der Waals surface area contributed by atoms with Crippen LogP contribution in [0.1, 0.15) is 6.92 Å². The molecule has 4 heterocycles. The van der Waals surface area contributed by atoms with E-state index in [4.69, 9.17) is 9.72 Å². The van der Waals surface area contributed by atoms with E-state index in [0.717, 1.165) is 15.6 Å². The fourth-order valence-electron chi connectivity index (χ4n) is 3.94. The molecule has 0 amide bonds. The van der Waals surface area contributed by atoms with E-state index in [1.807, 2.05) is 13.0 Å². The van der Waals surface area contributed by atoms with E-state index >= 15 is 0 Å². The molecule has 5 rings (SSSR count). The van der Waals surface area contributed by atoms with Crippen molar-refractivity contribution in [3.05, 3.63) is 42.5 Å². The normalized spacial score (nSPS) is 17.8. The van der Waals surface area contributed by atoms with Crippen molar-refractivity contribution in [1.29, 1.82) is 0 Å². The van der Waals surface area contributed by atoms with Crippen LogP contribution >= 0.6 is 0 Å². The van der Waals surface area contributed by atoms with Crippen LogP contribution in [0.25, 0.3) is 33.3 Å². The third kappa shape index (κ3) is 3.03. The molecule has 8 nitrogen and oxygen atoms in total. The molecule has 0 saturated carbocycles. The first-order chi connectivity index (χ1) is 14.3. The molecule has 1 unspecified atom stereocenters. The minimum atomic E-state index is -3.58. The number of nitrogens with one attached hydrogen (secondary N) is 1. The third-order valence-corrected chi connectivity index (χ3v) is 6.37. The molecule has 1 atom stereocenters. The number of H-pyrrole nitrogens is 1. The summed E-state index contributed by atoms with van der Waals surface area (Å²) in [7, 11) is -3.58. The van der Waals surface area contributed by atoms with Gasteiger partial charge in [0.1, 0.15) is 11.6 Å². The first-order valence-corrected chi connectivity index (χ1v) is 11.4. The Morgan fingerprint density at radius 3 is 2.83 bits per heavy atom. The number of fused-ring (bicyclic) bond motifs is 2. The topological polar surface area (TPSA) is 93.1 Å². The Morgan fingerprint density at radius 2 is 2.07 bits per heavy atom. The van der Waals surface area contributed by atoms with Crippen molar-refractivity contribution >= 4 is 37.8 Å². The van der Waals surface area contributed by atoms with Crippen LogP contribution in [-0.4, -0.2) is 59.4 Å². The molecule has 10 heteroatoms. The zero-order valence-electron chi connectivity index (χ0n) is 16.5. The highest BCUT2D eigenvalue weighted by Crippen LogP contribution is 2.33. The van der Waals surface area contributed by atoms with Gasteiger partial charge in [-0.3, -0.25) is 0 Å². The maximum atomic E-state index is 14.3. The van der Waals surface area contributed by atoms with Gasteiger partial charge >= 0.3 is 0 Å². The van der Waals surface area contributed by atoms with Gasteiger partial charge in [-0.25, -0.2) is 26.7 Å². The molecule has 1 aromatic carbocycles. The van der Waals surface area contributed by atoms with Crippen LogP contribution < -0.4 is 4.90 Å². The quantitative estimate of drug-likeness (QED) is 0.538. The number of anilines is 1. The lowest BCUT2D eigenvalue weighted by atomic mass is 10.1. The number of ether oxygens (including phenoxy) is 1. The second-order valence-corrected chi connectivity index (χ2v) is 9.35. The monoisotopic (exact) mass is 429 g/mol. The van der Waals surface area contributed by atoms with Crippen LogP contribution in [-0.2, 0) is 14.8 Å². The first kappa shape index (κ1) is 19.0. The molecular formula is C20H20FN5O3S. The van der Waals surface area contributed by atoms with E-state index in [2.05, 4.69) is 14.9 Å². The van der Waals surface area contributed by atoms with Gasteiger partial charge in [0.15, 0.2) is 11.5 Å². The average Bonchev–Trinajstić information content (AvgIpc) is 3.33. The molecule has 0 aliphatic carbocycles. The van der Waals surface area contributed by atoms with Gasteiger partial charge in [0, 0.05) is 35.4 Å². The van der Waals surface area contributed by atoms with Crippen molar-refractivity contribution < 1.29 is 17.5 Å². The highest BCUT2D eigenvalue weighted by molar-refractivity contribution is 7.89. The summed E-state index contributed by atoms with van der Waals surface area (Å²) in [5.74, 6) is 0.452. The molecule has 1 fully saturated rings. The standard InChI is InChI=1S/C20H20FN5O3S/c1-12-11-29-8-7-25(12)19-15-4-6-26(30(2,27)28)20(15)24-18(23-19)16-9-13(21)10-17-14(16)3-5-22-17/h3-6,9-10,12,22H,7-8,11H2,1-2H3. The second-order valence-electron chi connectivity index (χ2n) is 7.49. The fourth-order valence-corrected chi connectivity index (χ4v) is 4.68. The summed E-state index contributed by atoms with van der Waals surface area (Å²) >= 11 is 0. The maximum absolute atomic E-state index is 14.3. The minimum Gasteiger partial charge on any atom is -0.377 e. The van der Waals surface area contributed by atoms with Crippen LogP contribution in [0, 0.1) is 5.82 Å². The zero-order chi connectivity index (χ0) is 21.0. The molecule has 0 bridgehead atoms. The molecule has 4 aromatic rings. The largest absolute Gasteiger partial charge is 0.377 e. The van der Waals surface area contributed by atoms with Gasteiger partial charge in [-0.2, -0.15) is 0 Å². The van der Waals surface area contributed by atoms with E-state index in [-0.39, 0.29) is 17.5 Å². The molecule has 1 aliphatic heterocycles. The Kier molecular flexibility index (Phi) is 4.30. The Hall–Kier alpha value is -2.98. The summed E-state index contributed by atoms with van der Waals surface area (Å²) < 4.78 is 45.6. The number of hydrogen-bond donors (Lipinski definition) is 1. The predicted molar refractivity (Wildman–Crippen MR) is 113 cm³/mol. The van der Waals surface area contributed by atoms with Crippen molar-refractivity contribution in [1.82, 2.24) is 18.9 Å². The predicted octanol–water partition coefficient (Wildman–Crippen LogP) is 2.75. The van der Waals surface area contributed by atoms with E-state index in [1.165, 1.54) is 18.3 Å². The third-order valence-electron chi connectivity index (χ3n) is 5.36. The number of hydrogen-bond acceptors (Lipinski definition) is 6. The lowest BCUT2D eigenvalue weighted by molar-refractivity contribution is 0.0987. The van der Waals surface area contributed by atoms with Gasteiger partial charge in [0.2, 0.25) is 10.0 Å². The fraction of sp³-hybridized carbons (Fsp3) is 0.300. The average molecular weight is 429 g/mol. The second kappa shape index (κ2) is 6.78. The van der Waals surface area contributed by atoms with Crippen molar-refractivity contribution in [2.24, 2.45) is 0 Å². The Bertz CT molecular complexity index is 1380. The summed E-state index contributed by atoms with van der Waals surface area (Å²) in [6, 6.07) is 6.35. The van der Waals surface area contributed by atoms with E-state index in [1.54, 1.807) is 12.3 Å². The lowest BCUT2D eigenvalue weighted by Crippen LogP contribution is -2.44. The maximum Gasteiger partial charge on any atom is 0.237 e. The summed E-state index contributed by atoms with van der Waals surface area (Å²) in [5, 5.41) is 1.38. The van der Waals surface area contributed by atoms with Gasteiger partial charge in [-0.15, -0.1) is 0 Å². The highest BCUT2D eigenvalue weighted by atomic mass is 32.2. The summed E-state index contributed by atoms with van der Waals surface area (Å²) in [4.78, 5) is 14.4. The first-order valence-electron chi connectivity index (χ1n) is 9.54.